The van der Waals surface area contributed by atoms with Gasteiger partial charge in [-0.1, -0.05) is 6.92 Å². The lowest BCUT2D eigenvalue weighted by Crippen LogP contribution is -2.20. The number of benzene rings is 1. The molecule has 2 aliphatic rings. The van der Waals surface area contributed by atoms with Gasteiger partial charge in [0.2, 0.25) is 0 Å². The fraction of sp³-hybridized carbons (Fsp3) is 0.500. The second-order valence-electron chi connectivity index (χ2n) is 8.46. The Labute approximate surface area is 183 Å². The summed E-state index contributed by atoms with van der Waals surface area (Å²) in [7, 11) is 1.91. The number of ether oxygens (including phenoxy) is 1. The molecule has 31 heavy (non-hydrogen) atoms. The number of halogens is 1. The number of nitrogens with two attached hydrogens (primary N) is 1. The molecule has 3 aromatic rings. The van der Waals surface area contributed by atoms with Crippen LogP contribution < -0.4 is 10.6 Å². The molecule has 1 unspecified atom stereocenters. The van der Waals surface area contributed by atoms with Crippen LogP contribution in [0.2, 0.25) is 0 Å². The van der Waals surface area contributed by atoms with Crippen LogP contribution in [0.1, 0.15) is 37.3 Å². The van der Waals surface area contributed by atoms with Crippen LogP contribution in [0.15, 0.2) is 24.4 Å². The first-order chi connectivity index (χ1) is 15.0. The predicted octanol–water partition coefficient (Wildman–Crippen LogP) is 3.98. The van der Waals surface area contributed by atoms with Crippen LogP contribution in [-0.2, 0) is 18.2 Å². The van der Waals surface area contributed by atoms with Gasteiger partial charge in [0, 0.05) is 49.9 Å². The fourth-order valence-electron chi connectivity index (χ4n) is 4.29. The molecule has 0 aliphatic carbocycles. The average molecular weight is 426 g/mol. The van der Waals surface area contributed by atoms with E-state index in [1.165, 1.54) is 0 Å². The van der Waals surface area contributed by atoms with E-state index >= 15 is 0 Å². The molecule has 2 aromatic heterocycles. The number of aryl methyl sites for hydroxylation is 3. The van der Waals surface area contributed by atoms with Gasteiger partial charge in [-0.15, -0.1) is 0 Å². The van der Waals surface area contributed by atoms with Gasteiger partial charge < -0.3 is 15.4 Å². The maximum absolute atomic E-state index is 14.7. The van der Waals surface area contributed by atoms with Crippen molar-refractivity contribution in [1.29, 1.82) is 0 Å². The van der Waals surface area contributed by atoms with Gasteiger partial charge in [-0.3, -0.25) is 4.68 Å². The van der Waals surface area contributed by atoms with E-state index in [9.17, 15) is 4.39 Å². The van der Waals surface area contributed by atoms with Crippen molar-refractivity contribution in [1.82, 2.24) is 14.8 Å². The molecule has 0 bridgehead atoms. The lowest BCUT2D eigenvalue weighted by molar-refractivity contribution is 0.194. The fourth-order valence-corrected chi connectivity index (χ4v) is 4.29. The van der Waals surface area contributed by atoms with Gasteiger partial charge in [-0.25, -0.2) is 9.37 Å². The zero-order valence-corrected chi connectivity index (χ0v) is 18.7. The van der Waals surface area contributed by atoms with Gasteiger partial charge in [-0.05, 0) is 61.9 Å². The maximum Gasteiger partial charge on any atom is 0.149 e. The first kappa shape index (κ1) is 21.7. The minimum atomic E-state index is -0.231. The van der Waals surface area contributed by atoms with Crippen molar-refractivity contribution in [2.75, 3.05) is 31.2 Å². The Morgan fingerprint density at radius 2 is 2.03 bits per heavy atom. The highest BCUT2D eigenvalue weighted by Crippen LogP contribution is 2.38. The highest BCUT2D eigenvalue weighted by atomic mass is 19.1. The molecule has 2 aliphatic heterocycles. The molecule has 7 heteroatoms. The van der Waals surface area contributed by atoms with Crippen molar-refractivity contribution in [2.24, 2.45) is 12.8 Å². The van der Waals surface area contributed by atoms with Crippen molar-refractivity contribution in [2.45, 2.75) is 45.6 Å². The third-order valence-corrected chi connectivity index (χ3v) is 6.09. The average Bonchev–Trinajstić information content (AvgIpc) is 3.52. The Balaban J connectivity index is 0.000000334. The van der Waals surface area contributed by atoms with Gasteiger partial charge in [0.15, 0.2) is 0 Å². The number of pyridine rings is 1. The van der Waals surface area contributed by atoms with Gasteiger partial charge in [-0.2, -0.15) is 5.10 Å². The van der Waals surface area contributed by atoms with Crippen LogP contribution in [0.4, 0.5) is 10.2 Å². The van der Waals surface area contributed by atoms with Crippen LogP contribution in [0.3, 0.4) is 0 Å². The molecule has 1 aromatic carbocycles. The molecule has 2 saturated heterocycles. The Morgan fingerprint density at radius 1 is 1.26 bits per heavy atom. The molecule has 166 valence electrons. The summed E-state index contributed by atoms with van der Waals surface area (Å²) in [6.07, 6.45) is 6.09. The topological polar surface area (TPSA) is 69.2 Å². The van der Waals surface area contributed by atoms with Crippen LogP contribution >= 0.6 is 0 Å². The predicted molar refractivity (Wildman–Crippen MR) is 123 cm³/mol. The molecule has 2 fully saturated rings. The van der Waals surface area contributed by atoms with E-state index in [-0.39, 0.29) is 5.82 Å². The zero-order chi connectivity index (χ0) is 22.0. The molecule has 2 N–H and O–H groups in total. The Morgan fingerprint density at radius 3 is 2.58 bits per heavy atom. The summed E-state index contributed by atoms with van der Waals surface area (Å²) < 4.78 is 21.5. The van der Waals surface area contributed by atoms with Crippen molar-refractivity contribution in [3.63, 3.8) is 0 Å². The van der Waals surface area contributed by atoms with Gasteiger partial charge in [0.05, 0.1) is 12.3 Å². The molecular weight excluding hydrogens is 393 g/mol. The second kappa shape index (κ2) is 9.32. The number of fused-ring (bicyclic) bond motifs is 1. The van der Waals surface area contributed by atoms with E-state index in [1.807, 2.05) is 26.2 Å². The van der Waals surface area contributed by atoms with Crippen LogP contribution in [-0.4, -0.2) is 47.1 Å². The van der Waals surface area contributed by atoms with Crippen LogP contribution in [0.5, 0.6) is 0 Å². The smallest absolute Gasteiger partial charge is 0.149 e. The summed E-state index contributed by atoms with van der Waals surface area (Å²) in [5.41, 5.74) is 9.86. The largest absolute Gasteiger partial charge is 0.380 e. The molecule has 0 amide bonds. The molecule has 0 spiro atoms. The minimum absolute atomic E-state index is 0.231. The first-order valence-corrected chi connectivity index (χ1v) is 11.2. The Bertz CT molecular complexity index is 1050. The van der Waals surface area contributed by atoms with Gasteiger partial charge >= 0.3 is 0 Å². The summed E-state index contributed by atoms with van der Waals surface area (Å²) in [4.78, 5) is 7.05. The van der Waals surface area contributed by atoms with Crippen molar-refractivity contribution < 1.29 is 9.13 Å². The quantitative estimate of drug-likeness (QED) is 0.687. The summed E-state index contributed by atoms with van der Waals surface area (Å²) in [6, 6.07) is 6.02. The molecule has 1 atom stereocenters. The van der Waals surface area contributed by atoms with E-state index < -0.39 is 0 Å². The van der Waals surface area contributed by atoms with E-state index in [0.717, 1.165) is 85.6 Å². The standard InChI is InChI=1S/C20H23FN4.C4H9NO/c1-4-14-11-15-13(2)18(17-7-10-24(3)23-17)20(25-8-5-6-9-25)22-19(15)16(21)12-14;5-4-1-2-6-3-4/h7,10-12H,4-6,8-9H2,1-3H3;4H,1-3,5H2. The Kier molecular flexibility index (Phi) is 6.53. The lowest BCUT2D eigenvalue weighted by atomic mass is 9.98. The maximum atomic E-state index is 14.7. The lowest BCUT2D eigenvalue weighted by Gasteiger charge is -2.22. The summed E-state index contributed by atoms with van der Waals surface area (Å²) in [5.74, 6) is 0.634. The number of rotatable bonds is 3. The number of hydrogen-bond acceptors (Lipinski definition) is 5. The number of hydrogen-bond donors (Lipinski definition) is 1. The number of nitrogens with zero attached hydrogens (tertiary/aromatic N) is 4. The Hall–Kier alpha value is -2.51. The first-order valence-electron chi connectivity index (χ1n) is 11.2. The summed E-state index contributed by atoms with van der Waals surface area (Å²) in [6.45, 7) is 7.66. The van der Waals surface area contributed by atoms with E-state index in [0.29, 0.717) is 11.6 Å². The third kappa shape index (κ3) is 4.57. The second-order valence-corrected chi connectivity index (χ2v) is 8.46. The third-order valence-electron chi connectivity index (χ3n) is 6.09. The SMILES string of the molecule is CCc1cc(F)c2nc(N3CCCC3)c(-c3ccn(C)n3)c(C)c2c1.NC1CCOC1. The van der Waals surface area contributed by atoms with E-state index in [4.69, 9.17) is 15.5 Å². The minimum Gasteiger partial charge on any atom is -0.380 e. The number of aromatic nitrogens is 3. The van der Waals surface area contributed by atoms with Crippen molar-refractivity contribution >= 4 is 16.7 Å². The van der Waals surface area contributed by atoms with E-state index in [1.54, 1.807) is 10.7 Å². The van der Waals surface area contributed by atoms with Gasteiger partial charge in [0.25, 0.3) is 0 Å². The molecular formula is C24H32FN5O. The highest BCUT2D eigenvalue weighted by molar-refractivity contribution is 5.94. The monoisotopic (exact) mass is 425 g/mol. The molecule has 5 rings (SSSR count). The van der Waals surface area contributed by atoms with Gasteiger partial charge in [0.1, 0.15) is 17.2 Å². The normalized spacial score (nSPS) is 18.5. The van der Waals surface area contributed by atoms with Crippen molar-refractivity contribution in [3.8, 4) is 11.3 Å². The van der Waals surface area contributed by atoms with E-state index in [2.05, 4.69) is 23.0 Å². The highest BCUT2D eigenvalue weighted by Gasteiger charge is 2.24. The molecule has 6 nitrogen and oxygen atoms in total. The van der Waals surface area contributed by atoms with Crippen LogP contribution in [0.25, 0.3) is 22.2 Å². The molecule has 0 radical (unpaired) electrons. The van der Waals surface area contributed by atoms with Crippen LogP contribution in [0, 0.1) is 12.7 Å². The summed E-state index contributed by atoms with van der Waals surface area (Å²) in [5, 5.41) is 5.49. The molecule has 0 saturated carbocycles. The van der Waals surface area contributed by atoms with Crippen molar-refractivity contribution in [3.05, 3.63) is 41.3 Å². The zero-order valence-electron chi connectivity index (χ0n) is 18.7. The number of anilines is 1. The summed E-state index contributed by atoms with van der Waals surface area (Å²) >= 11 is 0. The molecule has 4 heterocycles.